The maximum atomic E-state index is 13.7. The zero-order valence-corrected chi connectivity index (χ0v) is 17.6. The van der Waals surface area contributed by atoms with E-state index in [0.717, 1.165) is 28.7 Å². The molecule has 0 spiro atoms. The lowest BCUT2D eigenvalue weighted by Gasteiger charge is -2.36. The van der Waals surface area contributed by atoms with Gasteiger partial charge in [-0.1, -0.05) is 42.5 Å². The van der Waals surface area contributed by atoms with Crippen molar-refractivity contribution in [3.05, 3.63) is 111 Å². The standard InChI is InChI=1S/C27H24FN3O/c28-20-11-9-18(10-12-20)24-22-15-29-27(32)21-3-1-4-23(25(21)22)30-26(24)19-7-5-17(6-8-19)16-31-13-2-14-31/h1,3-12,15,24,26,30H,2,13-14,16H2,(H,29,32). The van der Waals surface area contributed by atoms with E-state index in [4.69, 9.17) is 0 Å². The molecule has 3 aromatic carbocycles. The molecule has 5 heteroatoms. The van der Waals surface area contributed by atoms with Crippen LogP contribution in [0.2, 0.25) is 0 Å². The minimum atomic E-state index is -0.253. The number of nitrogens with one attached hydrogen (secondary N) is 2. The Morgan fingerprint density at radius 3 is 2.41 bits per heavy atom. The molecule has 0 radical (unpaired) electrons. The maximum absolute atomic E-state index is 13.7. The van der Waals surface area contributed by atoms with Gasteiger partial charge in [-0.2, -0.15) is 0 Å². The molecule has 1 aromatic heterocycles. The van der Waals surface area contributed by atoms with Crippen molar-refractivity contribution in [3.8, 4) is 0 Å². The Labute approximate surface area is 185 Å². The zero-order chi connectivity index (χ0) is 21.7. The van der Waals surface area contributed by atoms with Gasteiger partial charge in [-0.3, -0.25) is 9.69 Å². The van der Waals surface area contributed by atoms with E-state index >= 15 is 0 Å². The molecule has 0 saturated carbocycles. The fraction of sp³-hybridized carbons (Fsp3) is 0.222. The van der Waals surface area contributed by atoms with Gasteiger partial charge in [0.25, 0.3) is 5.56 Å². The number of nitrogens with zero attached hydrogens (tertiary/aromatic N) is 1. The van der Waals surface area contributed by atoms with Crippen molar-refractivity contribution in [1.29, 1.82) is 0 Å². The molecular formula is C27H24FN3O. The summed E-state index contributed by atoms with van der Waals surface area (Å²) in [6.07, 6.45) is 3.12. The highest BCUT2D eigenvalue weighted by Gasteiger charge is 2.33. The molecule has 2 aliphatic heterocycles. The number of pyridine rings is 1. The van der Waals surface area contributed by atoms with Gasteiger partial charge >= 0.3 is 0 Å². The molecule has 2 atom stereocenters. The minimum Gasteiger partial charge on any atom is -0.377 e. The van der Waals surface area contributed by atoms with Gasteiger partial charge in [0.1, 0.15) is 5.82 Å². The molecule has 1 saturated heterocycles. The highest BCUT2D eigenvalue weighted by atomic mass is 19.1. The Kier molecular flexibility index (Phi) is 4.58. The van der Waals surface area contributed by atoms with E-state index in [2.05, 4.69) is 39.5 Å². The number of hydrogen-bond donors (Lipinski definition) is 2. The maximum Gasteiger partial charge on any atom is 0.255 e. The predicted molar refractivity (Wildman–Crippen MR) is 126 cm³/mol. The van der Waals surface area contributed by atoms with Gasteiger partial charge in [0, 0.05) is 35.1 Å². The SMILES string of the molecule is O=c1[nH]cc2c3c(cccc13)NC(c1ccc(CN3CCC3)cc1)C2c1ccc(F)cc1. The largest absolute Gasteiger partial charge is 0.377 e. The topological polar surface area (TPSA) is 48.1 Å². The second-order valence-electron chi connectivity index (χ2n) is 8.82. The summed E-state index contributed by atoms with van der Waals surface area (Å²) in [5.74, 6) is -0.317. The van der Waals surface area contributed by atoms with Crippen LogP contribution in [0.1, 0.15) is 40.6 Å². The summed E-state index contributed by atoms with van der Waals surface area (Å²) < 4.78 is 13.7. The molecular weight excluding hydrogens is 401 g/mol. The number of likely N-dealkylation sites (tertiary alicyclic amines) is 1. The van der Waals surface area contributed by atoms with Crippen LogP contribution in [0.15, 0.2) is 77.7 Å². The van der Waals surface area contributed by atoms with E-state index in [1.54, 1.807) is 0 Å². The molecule has 6 rings (SSSR count). The number of benzene rings is 3. The van der Waals surface area contributed by atoms with Gasteiger partial charge in [-0.25, -0.2) is 4.39 Å². The number of aromatic nitrogens is 1. The highest BCUT2D eigenvalue weighted by Crippen LogP contribution is 2.47. The molecule has 4 nitrogen and oxygen atoms in total. The summed E-state index contributed by atoms with van der Waals surface area (Å²) in [5, 5.41) is 5.30. The summed E-state index contributed by atoms with van der Waals surface area (Å²) in [4.78, 5) is 17.8. The quantitative estimate of drug-likeness (QED) is 0.474. The Hall–Kier alpha value is -3.44. The van der Waals surface area contributed by atoms with Crippen molar-refractivity contribution in [2.75, 3.05) is 18.4 Å². The molecule has 4 aromatic rings. The van der Waals surface area contributed by atoms with Gasteiger partial charge in [0.2, 0.25) is 0 Å². The van der Waals surface area contributed by atoms with Gasteiger partial charge in [0.15, 0.2) is 0 Å². The lowest BCUT2D eigenvalue weighted by molar-refractivity contribution is 0.172. The fourth-order valence-corrected chi connectivity index (χ4v) is 5.09. The first-order valence-electron chi connectivity index (χ1n) is 11.1. The minimum absolute atomic E-state index is 0.0393. The van der Waals surface area contributed by atoms with Crippen molar-refractivity contribution >= 4 is 16.5 Å². The molecule has 160 valence electrons. The van der Waals surface area contributed by atoms with Crippen LogP contribution >= 0.6 is 0 Å². The summed E-state index contributed by atoms with van der Waals surface area (Å²) in [6, 6.07) is 21.3. The Morgan fingerprint density at radius 2 is 1.69 bits per heavy atom. The number of aromatic amines is 1. The van der Waals surface area contributed by atoms with Crippen molar-refractivity contribution in [2.24, 2.45) is 0 Å². The number of anilines is 1. The molecule has 0 amide bonds. The monoisotopic (exact) mass is 425 g/mol. The lowest BCUT2D eigenvalue weighted by Crippen LogP contribution is -2.36. The van der Waals surface area contributed by atoms with Crippen LogP contribution in [0.25, 0.3) is 10.8 Å². The van der Waals surface area contributed by atoms with Crippen molar-refractivity contribution in [2.45, 2.75) is 24.9 Å². The molecule has 2 aliphatic rings. The fourth-order valence-electron chi connectivity index (χ4n) is 5.09. The predicted octanol–water partition coefficient (Wildman–Crippen LogP) is 5.17. The summed E-state index contributed by atoms with van der Waals surface area (Å²) in [7, 11) is 0. The zero-order valence-electron chi connectivity index (χ0n) is 17.6. The average Bonchev–Trinajstić information content (AvgIpc) is 2.79. The molecule has 3 heterocycles. The van der Waals surface area contributed by atoms with Crippen LogP contribution in [0.5, 0.6) is 0 Å². The van der Waals surface area contributed by atoms with E-state index in [1.165, 1.54) is 42.8 Å². The van der Waals surface area contributed by atoms with Crippen LogP contribution in [-0.2, 0) is 6.54 Å². The lowest BCUT2D eigenvalue weighted by atomic mass is 9.78. The Morgan fingerprint density at radius 1 is 0.938 bits per heavy atom. The second-order valence-corrected chi connectivity index (χ2v) is 8.82. The molecule has 2 unspecified atom stereocenters. The normalized spacial score (nSPS) is 20.0. The first-order valence-corrected chi connectivity index (χ1v) is 11.1. The van der Waals surface area contributed by atoms with E-state index < -0.39 is 0 Å². The number of hydrogen-bond acceptors (Lipinski definition) is 3. The third-order valence-electron chi connectivity index (χ3n) is 6.86. The van der Waals surface area contributed by atoms with Gasteiger partial charge in [-0.15, -0.1) is 0 Å². The van der Waals surface area contributed by atoms with Crippen LogP contribution in [-0.4, -0.2) is 23.0 Å². The van der Waals surface area contributed by atoms with Crippen molar-refractivity contribution in [1.82, 2.24) is 9.88 Å². The van der Waals surface area contributed by atoms with Crippen LogP contribution < -0.4 is 10.9 Å². The van der Waals surface area contributed by atoms with Crippen molar-refractivity contribution in [3.63, 3.8) is 0 Å². The van der Waals surface area contributed by atoms with E-state index in [0.29, 0.717) is 5.39 Å². The van der Waals surface area contributed by atoms with Crippen molar-refractivity contribution < 1.29 is 4.39 Å². The smallest absolute Gasteiger partial charge is 0.255 e. The van der Waals surface area contributed by atoms with Crippen LogP contribution in [0, 0.1) is 5.82 Å². The first kappa shape index (κ1) is 19.3. The molecule has 1 fully saturated rings. The molecule has 32 heavy (non-hydrogen) atoms. The number of rotatable bonds is 4. The van der Waals surface area contributed by atoms with Gasteiger partial charge < -0.3 is 10.3 Å². The number of H-pyrrole nitrogens is 1. The number of halogens is 1. The second kappa shape index (κ2) is 7.61. The Bertz CT molecular complexity index is 1340. The van der Waals surface area contributed by atoms with Gasteiger partial charge in [-0.05, 0) is 66.0 Å². The summed E-state index contributed by atoms with van der Waals surface area (Å²) >= 11 is 0. The average molecular weight is 426 g/mol. The highest BCUT2D eigenvalue weighted by molar-refractivity contribution is 5.98. The summed E-state index contributed by atoms with van der Waals surface area (Å²) in [5.41, 5.74) is 5.40. The molecule has 0 bridgehead atoms. The van der Waals surface area contributed by atoms with Gasteiger partial charge in [0.05, 0.1) is 6.04 Å². The van der Waals surface area contributed by atoms with E-state index in [9.17, 15) is 9.18 Å². The van der Waals surface area contributed by atoms with E-state index in [-0.39, 0.29) is 23.3 Å². The first-order chi connectivity index (χ1) is 15.7. The third-order valence-corrected chi connectivity index (χ3v) is 6.86. The van der Waals surface area contributed by atoms with Crippen LogP contribution in [0.4, 0.5) is 10.1 Å². The Balaban J connectivity index is 1.47. The third kappa shape index (κ3) is 3.21. The molecule has 2 N–H and O–H groups in total. The van der Waals surface area contributed by atoms with E-state index in [1.807, 2.05) is 36.5 Å². The molecule has 0 aliphatic carbocycles. The van der Waals surface area contributed by atoms with Crippen LogP contribution in [0.3, 0.4) is 0 Å². The summed E-state index contributed by atoms with van der Waals surface area (Å²) in [6.45, 7) is 3.35.